The Morgan fingerprint density at radius 3 is 2.43 bits per heavy atom. The second-order valence-corrected chi connectivity index (χ2v) is 6.31. The molecule has 0 aliphatic heterocycles. The minimum absolute atomic E-state index is 0.0730. The van der Waals surface area contributed by atoms with Crippen molar-refractivity contribution in [2.24, 2.45) is 5.92 Å². The average molecular weight is 288 g/mol. The number of benzene rings is 1. The third kappa shape index (κ3) is 5.20. The van der Waals surface area contributed by atoms with Crippen molar-refractivity contribution in [3.8, 4) is 6.07 Å². The molecule has 0 saturated heterocycles. The number of carbonyl (C=O) groups excluding carboxylic acids is 1. The summed E-state index contributed by atoms with van der Waals surface area (Å²) in [5.41, 5.74) is 1.63. The SMILES string of the molecule is Cc1ccc(C[NH+](C)CC(=O)N[C@@](C)(C#N)C(C)C)cc1. The Morgan fingerprint density at radius 1 is 1.38 bits per heavy atom. The summed E-state index contributed by atoms with van der Waals surface area (Å²) in [5, 5.41) is 12.1. The zero-order valence-corrected chi connectivity index (χ0v) is 13.7. The van der Waals surface area contributed by atoms with Crippen LogP contribution >= 0.6 is 0 Å². The standard InChI is InChI=1S/C17H25N3O/c1-13(2)17(4,12-18)19-16(21)11-20(5)10-15-8-6-14(3)7-9-15/h6-9,13H,10-11H2,1-5H3,(H,19,21)/p+1/t17-/m0/s1. The van der Waals surface area contributed by atoms with Gasteiger partial charge in [-0.05, 0) is 19.8 Å². The van der Waals surface area contributed by atoms with Crippen LogP contribution in [0.2, 0.25) is 0 Å². The fourth-order valence-electron chi connectivity index (χ4n) is 2.03. The Morgan fingerprint density at radius 2 is 1.95 bits per heavy atom. The minimum Gasteiger partial charge on any atom is -0.333 e. The number of carbonyl (C=O) groups is 1. The molecule has 1 aromatic rings. The van der Waals surface area contributed by atoms with Crippen molar-refractivity contribution in [2.45, 2.75) is 39.8 Å². The Labute approximate surface area is 127 Å². The van der Waals surface area contributed by atoms with Crippen LogP contribution in [0.15, 0.2) is 24.3 Å². The summed E-state index contributed by atoms with van der Waals surface area (Å²) in [7, 11) is 1.98. The minimum atomic E-state index is -0.804. The van der Waals surface area contributed by atoms with Crippen LogP contribution < -0.4 is 10.2 Å². The molecule has 1 rings (SSSR count). The highest BCUT2D eigenvalue weighted by Crippen LogP contribution is 2.14. The van der Waals surface area contributed by atoms with Crippen molar-refractivity contribution < 1.29 is 9.69 Å². The van der Waals surface area contributed by atoms with Gasteiger partial charge in [0.05, 0.1) is 13.1 Å². The van der Waals surface area contributed by atoms with Gasteiger partial charge < -0.3 is 10.2 Å². The van der Waals surface area contributed by atoms with Gasteiger partial charge in [-0.25, -0.2) is 0 Å². The summed E-state index contributed by atoms with van der Waals surface area (Å²) in [4.78, 5) is 13.2. The zero-order chi connectivity index (χ0) is 16.0. The molecule has 0 saturated carbocycles. The largest absolute Gasteiger partial charge is 0.333 e. The summed E-state index contributed by atoms with van der Waals surface area (Å²) in [6, 6.07) is 10.5. The molecular weight excluding hydrogens is 262 g/mol. The van der Waals surface area contributed by atoms with E-state index in [9.17, 15) is 10.1 Å². The van der Waals surface area contributed by atoms with Gasteiger partial charge in [-0.15, -0.1) is 0 Å². The van der Waals surface area contributed by atoms with Gasteiger partial charge in [0.15, 0.2) is 6.54 Å². The number of hydrogen-bond acceptors (Lipinski definition) is 2. The third-order valence-corrected chi connectivity index (χ3v) is 3.87. The van der Waals surface area contributed by atoms with Crippen LogP contribution in [0.3, 0.4) is 0 Å². The number of quaternary nitrogens is 1. The van der Waals surface area contributed by atoms with Gasteiger partial charge in [-0.2, -0.15) is 5.26 Å². The van der Waals surface area contributed by atoms with Crippen molar-refractivity contribution in [1.82, 2.24) is 5.32 Å². The lowest BCUT2D eigenvalue weighted by atomic mass is 9.90. The molecule has 0 fully saturated rings. The van der Waals surface area contributed by atoms with Gasteiger partial charge in [0.25, 0.3) is 5.91 Å². The quantitative estimate of drug-likeness (QED) is 0.822. The van der Waals surface area contributed by atoms with Gasteiger partial charge in [-0.1, -0.05) is 43.7 Å². The van der Waals surface area contributed by atoms with Gasteiger partial charge in [0.1, 0.15) is 12.1 Å². The maximum atomic E-state index is 12.1. The predicted octanol–water partition coefficient (Wildman–Crippen LogP) is 1.06. The lowest BCUT2D eigenvalue weighted by Gasteiger charge is -2.27. The Bertz CT molecular complexity index is 516. The first-order valence-corrected chi connectivity index (χ1v) is 7.36. The van der Waals surface area contributed by atoms with Crippen molar-refractivity contribution in [2.75, 3.05) is 13.6 Å². The lowest BCUT2D eigenvalue weighted by molar-refractivity contribution is -0.885. The molecule has 1 aromatic carbocycles. The summed E-state index contributed by atoms with van der Waals surface area (Å²) >= 11 is 0. The van der Waals surface area contributed by atoms with E-state index in [0.717, 1.165) is 11.4 Å². The summed E-state index contributed by atoms with van der Waals surface area (Å²) in [6.07, 6.45) is 0. The highest BCUT2D eigenvalue weighted by molar-refractivity contribution is 5.78. The molecular formula is C17H26N3O+. The predicted molar refractivity (Wildman–Crippen MR) is 83.6 cm³/mol. The van der Waals surface area contributed by atoms with Crippen molar-refractivity contribution in [3.05, 3.63) is 35.4 Å². The molecule has 0 aromatic heterocycles. The van der Waals surface area contributed by atoms with Crippen LogP contribution in [-0.4, -0.2) is 25.0 Å². The smallest absolute Gasteiger partial charge is 0.276 e. The normalized spacial score (nSPS) is 15.1. The van der Waals surface area contributed by atoms with Gasteiger partial charge in [-0.3, -0.25) is 4.79 Å². The molecule has 0 spiro atoms. The molecule has 0 aliphatic rings. The van der Waals surface area contributed by atoms with Gasteiger partial charge >= 0.3 is 0 Å². The lowest BCUT2D eigenvalue weighted by Crippen LogP contribution is -3.09. The first-order valence-electron chi connectivity index (χ1n) is 7.36. The fourth-order valence-corrected chi connectivity index (χ4v) is 2.03. The summed E-state index contributed by atoms with van der Waals surface area (Å²) in [6.45, 7) is 8.85. The van der Waals surface area contributed by atoms with E-state index in [0.29, 0.717) is 6.54 Å². The number of amides is 1. The van der Waals surface area contributed by atoms with E-state index in [4.69, 9.17) is 0 Å². The van der Waals surface area contributed by atoms with Gasteiger partial charge in [0.2, 0.25) is 0 Å². The number of nitriles is 1. The average Bonchev–Trinajstić information content (AvgIpc) is 2.40. The zero-order valence-electron chi connectivity index (χ0n) is 13.7. The maximum Gasteiger partial charge on any atom is 0.276 e. The Hall–Kier alpha value is -1.86. The fraction of sp³-hybridized carbons (Fsp3) is 0.529. The van der Waals surface area contributed by atoms with Crippen LogP contribution in [-0.2, 0) is 11.3 Å². The number of hydrogen-bond donors (Lipinski definition) is 2. The van der Waals surface area contributed by atoms with Crippen LogP contribution in [0.5, 0.6) is 0 Å². The van der Waals surface area contributed by atoms with Crippen LogP contribution in [0, 0.1) is 24.2 Å². The molecule has 1 amide bonds. The summed E-state index contributed by atoms with van der Waals surface area (Å²) in [5.74, 6) is -0.0128. The molecule has 2 N–H and O–H groups in total. The number of aryl methyl sites for hydroxylation is 1. The van der Waals surface area contributed by atoms with E-state index in [1.807, 2.05) is 20.9 Å². The van der Waals surface area contributed by atoms with E-state index >= 15 is 0 Å². The molecule has 2 atom stereocenters. The van der Waals surface area contributed by atoms with Crippen molar-refractivity contribution in [1.29, 1.82) is 5.26 Å². The van der Waals surface area contributed by atoms with Crippen LogP contribution in [0.4, 0.5) is 0 Å². The van der Waals surface area contributed by atoms with Gasteiger partial charge in [0, 0.05) is 5.56 Å². The molecule has 21 heavy (non-hydrogen) atoms. The second kappa shape index (κ2) is 7.24. The number of nitrogens with zero attached hydrogens (tertiary/aromatic N) is 1. The molecule has 0 heterocycles. The molecule has 4 heteroatoms. The third-order valence-electron chi connectivity index (χ3n) is 3.87. The van der Waals surface area contributed by atoms with E-state index in [1.165, 1.54) is 11.1 Å². The second-order valence-electron chi connectivity index (χ2n) is 6.31. The molecule has 1 unspecified atom stereocenters. The first kappa shape index (κ1) is 17.2. The molecule has 114 valence electrons. The Balaban J connectivity index is 2.55. The summed E-state index contributed by atoms with van der Waals surface area (Å²) < 4.78 is 0. The van der Waals surface area contributed by atoms with Crippen LogP contribution in [0.25, 0.3) is 0 Å². The Kier molecular flexibility index (Phi) is 5.92. The highest BCUT2D eigenvalue weighted by Gasteiger charge is 2.30. The number of likely N-dealkylation sites (N-methyl/N-ethyl adjacent to an activating group) is 1. The van der Waals surface area contributed by atoms with Crippen molar-refractivity contribution in [3.63, 3.8) is 0 Å². The highest BCUT2D eigenvalue weighted by atomic mass is 16.2. The monoisotopic (exact) mass is 288 g/mol. The molecule has 0 bridgehead atoms. The first-order chi connectivity index (χ1) is 9.76. The van der Waals surface area contributed by atoms with E-state index in [2.05, 4.69) is 42.6 Å². The molecule has 4 nitrogen and oxygen atoms in total. The molecule has 0 radical (unpaired) electrons. The maximum absolute atomic E-state index is 12.1. The van der Waals surface area contributed by atoms with Crippen molar-refractivity contribution >= 4 is 5.91 Å². The number of rotatable bonds is 6. The number of nitrogens with one attached hydrogen (secondary N) is 2. The van der Waals surface area contributed by atoms with E-state index < -0.39 is 5.54 Å². The topological polar surface area (TPSA) is 57.3 Å². The molecule has 0 aliphatic carbocycles. The van der Waals surface area contributed by atoms with E-state index in [-0.39, 0.29) is 11.8 Å². The van der Waals surface area contributed by atoms with Crippen LogP contribution in [0.1, 0.15) is 31.9 Å². The van der Waals surface area contributed by atoms with E-state index in [1.54, 1.807) is 6.92 Å².